The van der Waals surface area contributed by atoms with Crippen molar-refractivity contribution in [2.24, 2.45) is 0 Å². The highest BCUT2D eigenvalue weighted by Gasteiger charge is 2.49. The van der Waals surface area contributed by atoms with E-state index in [4.69, 9.17) is 28.4 Å². The smallest absolute Gasteiger partial charge is 0.229 e. The van der Waals surface area contributed by atoms with Gasteiger partial charge >= 0.3 is 0 Å². The van der Waals surface area contributed by atoms with Gasteiger partial charge in [-0.05, 0) is 41.0 Å². The minimum atomic E-state index is -0.874. The molecule has 0 aliphatic carbocycles. The average Bonchev–Trinajstić information content (AvgIpc) is 3.04. The van der Waals surface area contributed by atoms with E-state index in [2.05, 4.69) is 0 Å². The topological polar surface area (TPSA) is 75.6 Å². The van der Waals surface area contributed by atoms with Crippen LogP contribution in [0.25, 0.3) is 0 Å². The van der Waals surface area contributed by atoms with Crippen molar-refractivity contribution in [2.75, 3.05) is 13.7 Å². The Kier molecular flexibility index (Phi) is 10.4. The maximum absolute atomic E-state index is 10.4. The number of hydrogen-bond acceptors (Lipinski definition) is 7. The van der Waals surface area contributed by atoms with E-state index in [-0.39, 0.29) is 6.61 Å². The van der Waals surface area contributed by atoms with E-state index in [0.717, 1.165) is 16.7 Å². The van der Waals surface area contributed by atoms with Crippen LogP contribution in [0.3, 0.4) is 0 Å². The lowest BCUT2D eigenvalue weighted by Crippen LogP contribution is -2.62. The van der Waals surface area contributed by atoms with E-state index in [1.807, 2.05) is 115 Å². The van der Waals surface area contributed by atoms with E-state index in [0.29, 0.717) is 31.3 Å². The van der Waals surface area contributed by atoms with Gasteiger partial charge < -0.3 is 33.5 Å². The molecule has 41 heavy (non-hydrogen) atoms. The van der Waals surface area contributed by atoms with Crippen molar-refractivity contribution in [3.8, 4) is 11.5 Å². The summed E-state index contributed by atoms with van der Waals surface area (Å²) >= 11 is 0. The molecule has 1 aliphatic rings. The van der Waals surface area contributed by atoms with E-state index in [1.165, 1.54) is 0 Å². The third-order valence-corrected chi connectivity index (χ3v) is 6.94. The summed E-state index contributed by atoms with van der Waals surface area (Å²) in [6, 6.07) is 37.0. The zero-order valence-electron chi connectivity index (χ0n) is 23.1. The quantitative estimate of drug-likeness (QED) is 0.232. The Hall–Kier alpha value is -3.72. The van der Waals surface area contributed by atoms with Gasteiger partial charge in [-0.1, -0.05) is 91.0 Å². The number of ether oxygens (including phenoxy) is 6. The summed E-state index contributed by atoms with van der Waals surface area (Å²) in [5.74, 6) is 1.29. The molecule has 0 aromatic heterocycles. The van der Waals surface area contributed by atoms with Crippen LogP contribution >= 0.6 is 0 Å². The first-order valence-corrected chi connectivity index (χ1v) is 13.8. The molecular weight excluding hydrogens is 520 g/mol. The molecule has 4 aromatic rings. The third kappa shape index (κ3) is 7.94. The largest absolute Gasteiger partial charge is 0.497 e. The molecule has 7 nitrogen and oxygen atoms in total. The summed E-state index contributed by atoms with van der Waals surface area (Å²) in [6.45, 7) is 0.692. The number of benzene rings is 4. The summed E-state index contributed by atoms with van der Waals surface area (Å²) in [4.78, 5) is 0. The maximum atomic E-state index is 10.4. The Morgan fingerprint density at radius 2 is 1.00 bits per heavy atom. The molecule has 1 aliphatic heterocycles. The van der Waals surface area contributed by atoms with Crippen molar-refractivity contribution in [2.45, 2.75) is 50.5 Å². The van der Waals surface area contributed by atoms with Gasteiger partial charge in [-0.3, -0.25) is 0 Å². The molecule has 0 saturated carbocycles. The van der Waals surface area contributed by atoms with E-state index < -0.39 is 30.7 Å². The summed E-state index contributed by atoms with van der Waals surface area (Å²) in [7, 11) is 1.61. The fraction of sp³-hybridized carbons (Fsp3) is 0.294. The lowest BCUT2D eigenvalue weighted by atomic mass is 9.97. The van der Waals surface area contributed by atoms with Crippen LogP contribution in [0.2, 0.25) is 0 Å². The molecule has 1 heterocycles. The number of aliphatic hydroxyl groups excluding tert-OH is 1. The fourth-order valence-corrected chi connectivity index (χ4v) is 4.78. The van der Waals surface area contributed by atoms with Crippen LogP contribution in [0.5, 0.6) is 11.5 Å². The molecule has 0 amide bonds. The van der Waals surface area contributed by atoms with Crippen molar-refractivity contribution >= 4 is 0 Å². The number of methoxy groups -OCH3 is 1. The molecule has 7 heteroatoms. The lowest BCUT2D eigenvalue weighted by molar-refractivity contribution is -0.308. The minimum absolute atomic E-state index is 0.279. The zero-order valence-corrected chi connectivity index (χ0v) is 23.1. The number of rotatable bonds is 13. The first kappa shape index (κ1) is 28.8. The van der Waals surface area contributed by atoms with Gasteiger partial charge in [0, 0.05) is 0 Å². The van der Waals surface area contributed by atoms with Crippen LogP contribution in [0.1, 0.15) is 16.7 Å². The molecule has 1 fully saturated rings. The van der Waals surface area contributed by atoms with Crippen molar-refractivity contribution < 1.29 is 33.5 Å². The van der Waals surface area contributed by atoms with E-state index >= 15 is 0 Å². The molecular formula is C34H36O7. The Morgan fingerprint density at radius 1 is 0.561 bits per heavy atom. The molecule has 0 radical (unpaired) electrons. The van der Waals surface area contributed by atoms with Crippen LogP contribution in [0.15, 0.2) is 115 Å². The Morgan fingerprint density at radius 3 is 1.46 bits per heavy atom. The van der Waals surface area contributed by atoms with Crippen molar-refractivity contribution in [3.63, 3.8) is 0 Å². The summed E-state index contributed by atoms with van der Waals surface area (Å²) < 4.78 is 37.5. The van der Waals surface area contributed by atoms with Crippen molar-refractivity contribution in [1.29, 1.82) is 0 Å². The first-order valence-electron chi connectivity index (χ1n) is 13.8. The molecule has 0 spiro atoms. The Balaban J connectivity index is 1.44. The predicted octanol–water partition coefficient (Wildman–Crippen LogP) is 5.55. The van der Waals surface area contributed by atoms with Gasteiger partial charge in [0.15, 0.2) is 0 Å². The molecule has 0 unspecified atom stereocenters. The summed E-state index contributed by atoms with van der Waals surface area (Å²) in [6.07, 6.45) is -3.50. The highest BCUT2D eigenvalue weighted by Crippen LogP contribution is 2.32. The van der Waals surface area contributed by atoms with Gasteiger partial charge in [0.2, 0.25) is 6.29 Å². The minimum Gasteiger partial charge on any atom is -0.497 e. The second-order valence-corrected chi connectivity index (χ2v) is 9.80. The van der Waals surface area contributed by atoms with Gasteiger partial charge in [-0.25, -0.2) is 0 Å². The van der Waals surface area contributed by atoms with Crippen LogP contribution in [0, 0.1) is 0 Å². The maximum Gasteiger partial charge on any atom is 0.229 e. The van der Waals surface area contributed by atoms with Crippen LogP contribution in [-0.2, 0) is 38.8 Å². The summed E-state index contributed by atoms with van der Waals surface area (Å²) in [5.41, 5.74) is 3.02. The van der Waals surface area contributed by atoms with Crippen LogP contribution in [0.4, 0.5) is 0 Å². The molecule has 1 N–H and O–H groups in total. The highest BCUT2D eigenvalue weighted by atomic mass is 16.7. The van der Waals surface area contributed by atoms with Crippen molar-refractivity contribution in [1.82, 2.24) is 0 Å². The Labute approximate surface area is 241 Å². The van der Waals surface area contributed by atoms with Crippen molar-refractivity contribution in [3.05, 3.63) is 132 Å². The second-order valence-electron chi connectivity index (χ2n) is 9.80. The predicted molar refractivity (Wildman–Crippen MR) is 154 cm³/mol. The van der Waals surface area contributed by atoms with Gasteiger partial charge in [-0.15, -0.1) is 0 Å². The van der Waals surface area contributed by atoms with E-state index in [1.54, 1.807) is 7.11 Å². The third-order valence-electron chi connectivity index (χ3n) is 6.94. The Bertz CT molecular complexity index is 1290. The SMILES string of the molecule is COc1ccc(O[C@@H]2O[C@H](CO)[C@@H](OCc3ccccc3)[C@H](OCc3ccccc3)[C@H]2OCc2ccccc2)cc1. The molecule has 0 bridgehead atoms. The first-order chi connectivity index (χ1) is 20.2. The zero-order chi connectivity index (χ0) is 28.3. The van der Waals surface area contributed by atoms with Gasteiger partial charge in [0.05, 0.1) is 33.5 Å². The molecule has 5 rings (SSSR count). The van der Waals surface area contributed by atoms with E-state index in [9.17, 15) is 5.11 Å². The van der Waals surface area contributed by atoms with Gasteiger partial charge in [-0.2, -0.15) is 0 Å². The lowest BCUT2D eigenvalue weighted by Gasteiger charge is -2.45. The standard InChI is InChI=1S/C34H36O7/c1-36-28-17-19-29(20-18-28)40-34-33(39-24-27-15-9-4-10-16-27)32(38-23-26-13-7-3-8-14-26)31(30(21-35)41-34)37-22-25-11-5-2-6-12-25/h2-20,30-35H,21-24H2,1H3/t30-,31-,32+,33-,34-/m1/s1. The highest BCUT2D eigenvalue weighted by molar-refractivity contribution is 5.31. The van der Waals surface area contributed by atoms with Crippen LogP contribution in [-0.4, -0.2) is 49.5 Å². The molecule has 5 atom stereocenters. The average molecular weight is 557 g/mol. The number of hydrogen-bond donors (Lipinski definition) is 1. The fourth-order valence-electron chi connectivity index (χ4n) is 4.78. The normalized spacial score (nSPS) is 22.2. The van der Waals surface area contributed by atoms with Crippen LogP contribution < -0.4 is 9.47 Å². The van der Waals surface area contributed by atoms with Gasteiger partial charge in [0.1, 0.15) is 35.9 Å². The molecule has 214 valence electrons. The monoisotopic (exact) mass is 556 g/mol. The number of aliphatic hydroxyl groups is 1. The van der Waals surface area contributed by atoms with Gasteiger partial charge in [0.25, 0.3) is 0 Å². The summed E-state index contributed by atoms with van der Waals surface area (Å²) in [5, 5.41) is 10.4. The molecule has 4 aromatic carbocycles. The second kappa shape index (κ2) is 14.8. The molecule has 1 saturated heterocycles.